The number of halogens is 1. The minimum Gasteiger partial charge on any atom is -0.494 e. The Kier molecular flexibility index (Phi) is 11.5. The zero-order valence-electron chi connectivity index (χ0n) is 32.7. The van der Waals surface area contributed by atoms with Gasteiger partial charge in [-0.1, -0.05) is 35.9 Å². The number of carbonyl (C=O) groups is 4. The van der Waals surface area contributed by atoms with Gasteiger partial charge in [0.25, 0.3) is 0 Å². The van der Waals surface area contributed by atoms with Crippen molar-refractivity contribution in [3.8, 4) is 5.75 Å². The summed E-state index contributed by atoms with van der Waals surface area (Å²) in [5.74, 6) is 2.23. The van der Waals surface area contributed by atoms with Gasteiger partial charge in [-0.05, 0) is 87.2 Å². The number of Topliss-reactive ketones (excluding diaryl/α,β-unsaturated/α-hetero) is 1. The molecule has 3 amide bonds. The van der Waals surface area contributed by atoms with E-state index in [2.05, 4.69) is 64.1 Å². The second-order valence-corrected chi connectivity index (χ2v) is 16.1. The molecule has 4 N–H and O–H groups in total. The van der Waals surface area contributed by atoms with Gasteiger partial charge in [0.05, 0.1) is 31.2 Å². The predicted octanol–water partition coefficient (Wildman–Crippen LogP) is 5.82. The van der Waals surface area contributed by atoms with Gasteiger partial charge in [-0.3, -0.25) is 29.4 Å². The van der Waals surface area contributed by atoms with Gasteiger partial charge >= 0.3 is 0 Å². The molecule has 4 aliphatic heterocycles. The Morgan fingerprint density at radius 3 is 2.36 bits per heavy atom. The Labute approximate surface area is 342 Å². The molecule has 0 bridgehead atoms. The highest BCUT2D eigenvalue weighted by Crippen LogP contribution is 2.38. The molecule has 0 aliphatic carbocycles. The van der Waals surface area contributed by atoms with Crippen LogP contribution in [0.15, 0.2) is 72.9 Å². The summed E-state index contributed by atoms with van der Waals surface area (Å²) in [7, 11) is 1.63. The number of benzene rings is 3. The number of nitrogens with zero attached hydrogens (tertiary/aromatic N) is 5. The van der Waals surface area contributed by atoms with Crippen molar-refractivity contribution in [2.24, 2.45) is 11.8 Å². The fourth-order valence-electron chi connectivity index (χ4n) is 8.65. The summed E-state index contributed by atoms with van der Waals surface area (Å²) in [6, 6.07) is 21.1. The molecule has 302 valence electrons. The van der Waals surface area contributed by atoms with Crippen LogP contribution in [-0.2, 0) is 14.4 Å². The Morgan fingerprint density at radius 2 is 1.66 bits per heavy atom. The fraction of sp³-hybridized carbons (Fsp3) is 0.395. The Hall–Kier alpha value is -5.73. The molecule has 0 spiro atoms. The number of carbonyl (C=O) groups excluding carboxylic acids is 4. The van der Waals surface area contributed by atoms with Gasteiger partial charge in [0.1, 0.15) is 16.8 Å². The summed E-state index contributed by atoms with van der Waals surface area (Å²) in [5.41, 5.74) is 5.03. The number of rotatable bonds is 12. The number of hydrogen-bond donors (Lipinski definition) is 4. The van der Waals surface area contributed by atoms with Crippen LogP contribution in [0.1, 0.15) is 54.4 Å². The van der Waals surface area contributed by atoms with Gasteiger partial charge in [0.2, 0.25) is 23.7 Å². The number of fused-ring (bicyclic) bond motifs is 1. The first-order chi connectivity index (χ1) is 28.1. The van der Waals surface area contributed by atoms with Gasteiger partial charge in [0.15, 0.2) is 11.6 Å². The van der Waals surface area contributed by atoms with Crippen LogP contribution >= 0.6 is 11.6 Å². The third-order valence-corrected chi connectivity index (χ3v) is 12.1. The first-order valence-electron chi connectivity index (χ1n) is 19.9. The molecule has 3 aromatic carbocycles. The predicted molar refractivity (Wildman–Crippen MR) is 223 cm³/mol. The summed E-state index contributed by atoms with van der Waals surface area (Å²) in [6.07, 6.45) is 4.33. The molecular formula is C43H48ClN9O5. The molecule has 1 aromatic heterocycles. The Balaban J connectivity index is 0.804. The SMILES string of the molecule is COc1cc(N2CC3CN(C(=O)CN4CCC(c5ccc(NC6CCC(=O)NC6=O)cc5)CC4)CC3C2)ccc1Nc1ncc(Cl)c(Nc2ccccc2C(C)=O)n1. The molecule has 3 atom stereocenters. The molecule has 15 heteroatoms. The highest BCUT2D eigenvalue weighted by Gasteiger charge is 2.42. The highest BCUT2D eigenvalue weighted by molar-refractivity contribution is 6.33. The number of methoxy groups -OCH3 is 1. The third-order valence-electron chi connectivity index (χ3n) is 11.8. The lowest BCUT2D eigenvalue weighted by Gasteiger charge is -2.33. The van der Waals surface area contributed by atoms with Crippen LogP contribution in [-0.4, -0.2) is 102 Å². The average molecular weight is 806 g/mol. The van der Waals surface area contributed by atoms with Crippen LogP contribution in [0, 0.1) is 11.8 Å². The van der Waals surface area contributed by atoms with Crippen LogP contribution < -0.4 is 30.9 Å². The van der Waals surface area contributed by atoms with E-state index < -0.39 is 6.04 Å². The van der Waals surface area contributed by atoms with Crippen LogP contribution in [0.5, 0.6) is 5.75 Å². The van der Waals surface area contributed by atoms with Crippen molar-refractivity contribution in [3.05, 3.63) is 89.1 Å². The largest absolute Gasteiger partial charge is 0.494 e. The molecular weight excluding hydrogens is 758 g/mol. The van der Waals surface area contributed by atoms with Crippen molar-refractivity contribution >= 4 is 69.6 Å². The molecule has 8 rings (SSSR count). The number of imide groups is 1. The fourth-order valence-corrected chi connectivity index (χ4v) is 8.79. The summed E-state index contributed by atoms with van der Waals surface area (Å²) >= 11 is 6.43. The van der Waals surface area contributed by atoms with Gasteiger partial charge in [-0.15, -0.1) is 0 Å². The number of anilines is 6. The van der Waals surface area contributed by atoms with Gasteiger partial charge in [-0.25, -0.2) is 4.98 Å². The van der Waals surface area contributed by atoms with E-state index >= 15 is 0 Å². The zero-order valence-corrected chi connectivity index (χ0v) is 33.4. The average Bonchev–Trinajstić information content (AvgIpc) is 3.82. The minimum absolute atomic E-state index is 0.0719. The molecule has 3 unspecified atom stereocenters. The van der Waals surface area contributed by atoms with Crippen LogP contribution in [0.3, 0.4) is 0 Å². The number of likely N-dealkylation sites (tertiary alicyclic amines) is 2. The molecule has 0 saturated carbocycles. The highest BCUT2D eigenvalue weighted by atomic mass is 35.5. The van der Waals surface area contributed by atoms with Crippen molar-refractivity contribution in [1.29, 1.82) is 0 Å². The van der Waals surface area contributed by atoms with Gasteiger partial charge in [0, 0.05) is 67.4 Å². The smallest absolute Gasteiger partial charge is 0.249 e. The van der Waals surface area contributed by atoms with Crippen molar-refractivity contribution < 1.29 is 23.9 Å². The molecule has 4 aliphatic rings. The number of para-hydroxylation sites is 1. The number of piperidine rings is 2. The molecule has 4 saturated heterocycles. The van der Waals surface area contributed by atoms with E-state index in [0.717, 1.165) is 63.5 Å². The molecule has 4 aromatic rings. The van der Waals surface area contributed by atoms with Gasteiger partial charge in [-0.2, -0.15) is 4.98 Å². The van der Waals surface area contributed by atoms with Crippen molar-refractivity contribution in [1.82, 2.24) is 25.1 Å². The van der Waals surface area contributed by atoms with E-state index in [0.29, 0.717) is 76.6 Å². The van der Waals surface area contributed by atoms with E-state index in [1.165, 1.54) is 18.7 Å². The first kappa shape index (κ1) is 39.1. The number of aromatic nitrogens is 2. The van der Waals surface area contributed by atoms with E-state index in [9.17, 15) is 19.2 Å². The van der Waals surface area contributed by atoms with Crippen LogP contribution in [0.25, 0.3) is 0 Å². The number of nitrogens with one attached hydrogen (secondary N) is 4. The molecule has 0 radical (unpaired) electrons. The normalized spacial score (nSPS) is 21.1. The monoisotopic (exact) mass is 805 g/mol. The second-order valence-electron chi connectivity index (χ2n) is 15.7. The lowest BCUT2D eigenvalue weighted by molar-refractivity contribution is -0.134. The van der Waals surface area contributed by atoms with Crippen LogP contribution in [0.4, 0.5) is 34.5 Å². The lowest BCUT2D eigenvalue weighted by Crippen LogP contribution is -2.47. The van der Waals surface area contributed by atoms with E-state index in [1.54, 1.807) is 25.3 Å². The summed E-state index contributed by atoms with van der Waals surface area (Å²) in [6.45, 7) is 7.01. The van der Waals surface area contributed by atoms with Crippen molar-refractivity contribution in [2.75, 3.05) is 73.8 Å². The maximum Gasteiger partial charge on any atom is 0.249 e. The number of ketones is 1. The number of amides is 3. The number of ether oxygens (including phenoxy) is 1. The second kappa shape index (κ2) is 17.0. The van der Waals surface area contributed by atoms with E-state index in [4.69, 9.17) is 16.3 Å². The molecule has 14 nitrogen and oxygen atoms in total. The maximum absolute atomic E-state index is 13.5. The first-order valence-corrected chi connectivity index (χ1v) is 20.3. The number of hydrogen-bond acceptors (Lipinski definition) is 12. The quantitative estimate of drug-likeness (QED) is 0.101. The van der Waals surface area contributed by atoms with Crippen molar-refractivity contribution in [3.63, 3.8) is 0 Å². The topological polar surface area (TPSA) is 161 Å². The van der Waals surface area contributed by atoms with Gasteiger partial charge < -0.3 is 30.5 Å². The summed E-state index contributed by atoms with van der Waals surface area (Å²) in [4.78, 5) is 64.9. The van der Waals surface area contributed by atoms with Crippen LogP contribution in [0.2, 0.25) is 5.02 Å². The lowest BCUT2D eigenvalue weighted by atomic mass is 9.89. The summed E-state index contributed by atoms with van der Waals surface area (Å²) in [5, 5.41) is 12.4. The third kappa shape index (κ3) is 8.72. The minimum atomic E-state index is -0.396. The molecule has 5 heterocycles. The maximum atomic E-state index is 13.5. The summed E-state index contributed by atoms with van der Waals surface area (Å²) < 4.78 is 5.79. The Morgan fingerprint density at radius 1 is 0.914 bits per heavy atom. The molecule has 4 fully saturated rings. The standard InChI is InChI=1S/C43H48ClN9O5/c1-26(54)33-5-3-4-6-35(33)47-41-34(44)20-45-43(50-41)48-36-12-11-32(19-38(36)58-2)52-21-29-23-53(24-30(29)22-52)40(56)25-51-17-15-28(16-18-51)27-7-9-31(10-8-27)46-37-13-14-39(55)49-42(37)57/h3-12,19-20,28-30,37,46H,13-18,21-25H2,1-2H3,(H,49,55,57)(H2,45,47,48,50). The molecule has 58 heavy (non-hydrogen) atoms. The Bertz CT molecular complexity index is 2180. The van der Waals surface area contributed by atoms with Crippen molar-refractivity contribution in [2.45, 2.75) is 44.6 Å². The van der Waals surface area contributed by atoms with E-state index in [1.807, 2.05) is 30.3 Å². The zero-order chi connectivity index (χ0) is 40.3. The van der Waals surface area contributed by atoms with E-state index in [-0.39, 0.29) is 23.5 Å².